The predicted molar refractivity (Wildman–Crippen MR) is 109 cm³/mol. The number of hydrogen-bond acceptors (Lipinski definition) is 5. The Balaban J connectivity index is 1.63. The minimum Gasteiger partial charge on any atom is -0.481 e. The molecule has 1 fully saturated rings. The molecule has 0 radical (unpaired) electrons. The standard InChI is InChI=1S/C22H18F3N3O4/c1-12-31-21(32-12)11-27-16-6-3-13(9-14(16)4-7-19(27)29)15-5-8-20(30-2)28-17(15)10-18(26-28)22(23,24)25/h3-10,12,21H,11H2,1-2H3. The number of hydrogen-bond donors (Lipinski definition) is 0. The second kappa shape index (κ2) is 7.35. The molecule has 7 nitrogen and oxygen atoms in total. The molecule has 0 atom stereocenters. The van der Waals surface area contributed by atoms with Crippen molar-refractivity contribution in [1.82, 2.24) is 14.2 Å². The zero-order valence-electron chi connectivity index (χ0n) is 17.1. The summed E-state index contributed by atoms with van der Waals surface area (Å²) in [6.45, 7) is 2.01. The van der Waals surface area contributed by atoms with E-state index >= 15 is 0 Å². The van der Waals surface area contributed by atoms with Gasteiger partial charge in [0, 0.05) is 17.7 Å². The van der Waals surface area contributed by atoms with Crippen molar-refractivity contribution in [3.63, 3.8) is 0 Å². The Labute approximate surface area is 179 Å². The molecule has 10 heteroatoms. The van der Waals surface area contributed by atoms with Gasteiger partial charge < -0.3 is 18.8 Å². The van der Waals surface area contributed by atoms with Crippen LogP contribution in [0.2, 0.25) is 0 Å². The first kappa shape index (κ1) is 20.5. The van der Waals surface area contributed by atoms with Crippen LogP contribution in [0.1, 0.15) is 12.6 Å². The van der Waals surface area contributed by atoms with Crippen molar-refractivity contribution in [3.8, 4) is 17.0 Å². The number of ether oxygens (including phenoxy) is 3. The predicted octanol–water partition coefficient (Wildman–Crippen LogP) is 4.06. The Kier molecular flexibility index (Phi) is 4.72. The molecule has 0 amide bonds. The summed E-state index contributed by atoms with van der Waals surface area (Å²) in [5.74, 6) is 0.184. The molecule has 1 aliphatic rings. The number of rotatable bonds is 4. The van der Waals surface area contributed by atoms with Crippen LogP contribution in [-0.4, -0.2) is 33.9 Å². The zero-order chi connectivity index (χ0) is 22.6. The van der Waals surface area contributed by atoms with Crippen LogP contribution in [-0.2, 0) is 22.2 Å². The molecule has 3 aromatic heterocycles. The maximum absolute atomic E-state index is 13.3. The highest BCUT2D eigenvalue weighted by atomic mass is 19.4. The van der Waals surface area contributed by atoms with Gasteiger partial charge in [-0.1, -0.05) is 6.07 Å². The minimum atomic E-state index is -4.59. The van der Waals surface area contributed by atoms with Gasteiger partial charge in [-0.2, -0.15) is 22.8 Å². The molecule has 5 rings (SSSR count). The van der Waals surface area contributed by atoms with Crippen molar-refractivity contribution in [1.29, 1.82) is 0 Å². The van der Waals surface area contributed by atoms with E-state index in [-0.39, 0.29) is 29.8 Å². The molecule has 4 heterocycles. The average Bonchev–Trinajstić information content (AvgIpc) is 3.19. The molecule has 166 valence electrons. The summed E-state index contributed by atoms with van der Waals surface area (Å²) in [7, 11) is 1.37. The summed E-state index contributed by atoms with van der Waals surface area (Å²) in [4.78, 5) is 12.4. The van der Waals surface area contributed by atoms with Gasteiger partial charge in [0.25, 0.3) is 5.56 Å². The molecule has 0 aliphatic carbocycles. The fourth-order valence-electron chi connectivity index (χ4n) is 3.92. The average molecular weight is 445 g/mol. The number of pyridine rings is 2. The number of nitrogens with zero attached hydrogens (tertiary/aromatic N) is 3. The first-order valence-corrected chi connectivity index (χ1v) is 9.83. The Morgan fingerprint density at radius 1 is 1.06 bits per heavy atom. The lowest BCUT2D eigenvalue weighted by atomic mass is 10.0. The summed E-state index contributed by atoms with van der Waals surface area (Å²) in [5, 5.41) is 4.43. The highest BCUT2D eigenvalue weighted by molar-refractivity contribution is 5.89. The van der Waals surface area contributed by atoms with Crippen LogP contribution in [0.25, 0.3) is 27.5 Å². The highest BCUT2D eigenvalue weighted by Gasteiger charge is 2.35. The minimum absolute atomic E-state index is 0.184. The number of fused-ring (bicyclic) bond motifs is 2. The zero-order valence-corrected chi connectivity index (χ0v) is 17.1. The normalized spacial score (nSPS) is 18.8. The van der Waals surface area contributed by atoms with E-state index in [4.69, 9.17) is 14.2 Å². The number of aromatic nitrogens is 3. The maximum atomic E-state index is 13.3. The smallest absolute Gasteiger partial charge is 0.435 e. The number of alkyl halides is 3. The number of benzene rings is 1. The van der Waals surface area contributed by atoms with Crippen molar-refractivity contribution in [3.05, 3.63) is 64.6 Å². The second-order valence-electron chi connectivity index (χ2n) is 7.44. The van der Waals surface area contributed by atoms with Gasteiger partial charge in [-0.15, -0.1) is 0 Å². The summed E-state index contributed by atoms with van der Waals surface area (Å²) >= 11 is 0. The third kappa shape index (κ3) is 3.41. The molecule has 1 aromatic carbocycles. The molecule has 0 spiro atoms. The van der Waals surface area contributed by atoms with E-state index in [9.17, 15) is 18.0 Å². The molecule has 0 saturated carbocycles. The topological polar surface area (TPSA) is 67.0 Å². The van der Waals surface area contributed by atoms with Gasteiger partial charge >= 0.3 is 6.18 Å². The van der Waals surface area contributed by atoms with E-state index in [1.165, 1.54) is 13.2 Å². The van der Waals surface area contributed by atoms with Gasteiger partial charge in [0.15, 0.2) is 18.3 Å². The van der Waals surface area contributed by atoms with E-state index in [0.29, 0.717) is 16.6 Å². The van der Waals surface area contributed by atoms with E-state index in [2.05, 4.69) is 5.10 Å². The van der Waals surface area contributed by atoms with Crippen LogP contribution in [0.5, 0.6) is 5.88 Å². The fourth-order valence-corrected chi connectivity index (χ4v) is 3.92. The summed E-state index contributed by atoms with van der Waals surface area (Å²) in [6, 6.07) is 12.7. The largest absolute Gasteiger partial charge is 0.481 e. The van der Waals surface area contributed by atoms with Crippen molar-refractivity contribution in [2.75, 3.05) is 7.11 Å². The van der Waals surface area contributed by atoms with Crippen molar-refractivity contribution < 1.29 is 27.4 Å². The molecular formula is C22H18F3N3O4. The van der Waals surface area contributed by atoms with Crippen LogP contribution in [0, 0.1) is 0 Å². The monoisotopic (exact) mass is 445 g/mol. The summed E-state index contributed by atoms with van der Waals surface area (Å²) < 4.78 is 58.6. The van der Waals surface area contributed by atoms with Gasteiger partial charge in [-0.05, 0) is 48.2 Å². The van der Waals surface area contributed by atoms with Crippen molar-refractivity contribution >= 4 is 16.4 Å². The van der Waals surface area contributed by atoms with Crippen molar-refractivity contribution in [2.24, 2.45) is 0 Å². The SMILES string of the molecule is COc1ccc(-c2ccc3c(ccc(=O)n3CC3OC(C)O3)c2)c2cc(C(F)(F)F)nn12. The summed E-state index contributed by atoms with van der Waals surface area (Å²) in [6.07, 6.45) is -5.38. The second-order valence-corrected chi connectivity index (χ2v) is 7.44. The summed E-state index contributed by atoms with van der Waals surface area (Å²) in [5.41, 5.74) is 0.945. The van der Waals surface area contributed by atoms with Gasteiger partial charge in [-0.3, -0.25) is 4.79 Å². The van der Waals surface area contributed by atoms with Crippen LogP contribution in [0.15, 0.2) is 53.3 Å². The van der Waals surface area contributed by atoms with E-state index < -0.39 is 18.2 Å². The third-order valence-electron chi connectivity index (χ3n) is 5.41. The molecule has 4 aromatic rings. The first-order valence-electron chi connectivity index (χ1n) is 9.83. The molecule has 0 bridgehead atoms. The van der Waals surface area contributed by atoms with Gasteiger partial charge in [-0.25, -0.2) is 0 Å². The lowest BCUT2D eigenvalue weighted by Gasteiger charge is -2.34. The Hall–Kier alpha value is -3.37. The molecule has 1 saturated heterocycles. The number of halogens is 3. The maximum Gasteiger partial charge on any atom is 0.435 e. The van der Waals surface area contributed by atoms with Crippen LogP contribution >= 0.6 is 0 Å². The molecule has 1 aliphatic heterocycles. The first-order chi connectivity index (χ1) is 15.2. The van der Waals surface area contributed by atoms with Gasteiger partial charge in [0.05, 0.1) is 24.7 Å². The lowest BCUT2D eigenvalue weighted by Crippen LogP contribution is -2.43. The van der Waals surface area contributed by atoms with Crippen LogP contribution in [0.3, 0.4) is 0 Å². The lowest BCUT2D eigenvalue weighted by molar-refractivity contribution is -0.379. The Morgan fingerprint density at radius 2 is 1.84 bits per heavy atom. The Morgan fingerprint density at radius 3 is 2.53 bits per heavy atom. The third-order valence-corrected chi connectivity index (χ3v) is 5.41. The van der Waals surface area contributed by atoms with Crippen LogP contribution in [0.4, 0.5) is 13.2 Å². The number of methoxy groups -OCH3 is 1. The van der Waals surface area contributed by atoms with Crippen LogP contribution < -0.4 is 10.3 Å². The van der Waals surface area contributed by atoms with Crippen molar-refractivity contribution in [2.45, 2.75) is 32.2 Å². The fraction of sp³-hybridized carbons (Fsp3) is 0.273. The van der Waals surface area contributed by atoms with Gasteiger partial charge in [0.2, 0.25) is 5.88 Å². The van der Waals surface area contributed by atoms with E-state index in [1.54, 1.807) is 41.8 Å². The molecular weight excluding hydrogens is 427 g/mol. The van der Waals surface area contributed by atoms with E-state index in [0.717, 1.165) is 16.0 Å². The van der Waals surface area contributed by atoms with E-state index in [1.807, 2.05) is 6.07 Å². The van der Waals surface area contributed by atoms with Gasteiger partial charge in [0.1, 0.15) is 0 Å². The quantitative estimate of drug-likeness (QED) is 0.474. The Bertz CT molecular complexity index is 1390. The molecule has 32 heavy (non-hydrogen) atoms. The molecule has 0 N–H and O–H groups in total. The molecule has 0 unspecified atom stereocenters. The highest BCUT2D eigenvalue weighted by Crippen LogP contribution is 2.35.